The van der Waals surface area contributed by atoms with Gasteiger partial charge in [0.1, 0.15) is 17.4 Å². The van der Waals surface area contributed by atoms with Crippen LogP contribution in [0.4, 0.5) is 5.69 Å². The largest absolute Gasteiger partial charge is 0.509 e. The number of anilines is 1. The zero-order chi connectivity index (χ0) is 19.1. The molecule has 0 spiro atoms. The summed E-state index contributed by atoms with van der Waals surface area (Å²) in [5.74, 6) is 0.340. The summed E-state index contributed by atoms with van der Waals surface area (Å²) in [6, 6.07) is 13.0. The Morgan fingerprint density at radius 3 is 2.85 bits per heavy atom. The lowest BCUT2D eigenvalue weighted by atomic mass is 10.1. The third kappa shape index (κ3) is 2.94. The third-order valence-corrected chi connectivity index (χ3v) is 5.16. The molecule has 0 saturated carbocycles. The van der Waals surface area contributed by atoms with E-state index < -0.39 is 0 Å². The number of fused-ring (bicyclic) bond motifs is 1. The number of aliphatic hydroxyl groups excluding tert-OH is 1. The van der Waals surface area contributed by atoms with E-state index in [2.05, 4.69) is 25.9 Å². The summed E-state index contributed by atoms with van der Waals surface area (Å²) in [6.07, 6.45) is 0.815. The molecule has 0 atom stereocenters. The average Bonchev–Trinajstić information content (AvgIpc) is 2.96. The molecule has 0 fully saturated rings. The van der Waals surface area contributed by atoms with Crippen LogP contribution in [-0.2, 0) is 6.42 Å². The fourth-order valence-corrected chi connectivity index (χ4v) is 3.70. The first kappa shape index (κ1) is 17.5. The van der Waals surface area contributed by atoms with E-state index in [-0.39, 0.29) is 35.1 Å². The molecule has 3 aromatic rings. The predicted molar refractivity (Wildman–Crippen MR) is 111 cm³/mol. The summed E-state index contributed by atoms with van der Waals surface area (Å²) in [6.45, 7) is 2.22. The average molecular weight is 425 g/mol. The van der Waals surface area contributed by atoms with Crippen molar-refractivity contribution in [3.8, 4) is 0 Å². The maximum absolute atomic E-state index is 12.5. The summed E-state index contributed by atoms with van der Waals surface area (Å²) in [5.41, 5.74) is 2.41. The highest BCUT2D eigenvalue weighted by Gasteiger charge is 2.32. The number of aromatic amines is 1. The Bertz CT molecular complexity index is 1170. The van der Waals surface area contributed by atoms with Crippen molar-refractivity contribution in [3.05, 3.63) is 74.4 Å². The van der Waals surface area contributed by atoms with Crippen LogP contribution in [0.3, 0.4) is 0 Å². The van der Waals surface area contributed by atoms with Gasteiger partial charge in [-0.3, -0.25) is 10.2 Å². The Balaban J connectivity index is 1.80. The Hall–Kier alpha value is -2.93. The van der Waals surface area contributed by atoms with Crippen LogP contribution in [0.2, 0.25) is 0 Å². The van der Waals surface area contributed by atoms with Gasteiger partial charge in [-0.2, -0.15) is 0 Å². The minimum atomic E-state index is -0.309. The fraction of sp³-hybridized carbons (Fsp3) is 0.150. The Morgan fingerprint density at radius 1 is 1.30 bits per heavy atom. The molecule has 0 amide bonds. The van der Waals surface area contributed by atoms with Gasteiger partial charge in [-0.25, -0.2) is 4.98 Å². The number of para-hydroxylation sites is 1. The van der Waals surface area contributed by atoms with Crippen molar-refractivity contribution in [1.29, 1.82) is 5.41 Å². The van der Waals surface area contributed by atoms with E-state index in [0.29, 0.717) is 10.9 Å². The van der Waals surface area contributed by atoms with Gasteiger partial charge in [0.2, 0.25) is 0 Å². The number of nitrogens with one attached hydrogen (secondary N) is 2. The van der Waals surface area contributed by atoms with Gasteiger partial charge >= 0.3 is 0 Å². The number of hydrogen-bond acceptors (Lipinski definition) is 4. The number of aromatic nitrogens is 2. The zero-order valence-corrected chi connectivity index (χ0v) is 16.2. The number of benzene rings is 2. The van der Waals surface area contributed by atoms with Gasteiger partial charge in [-0.1, -0.05) is 41.1 Å². The van der Waals surface area contributed by atoms with Crippen molar-refractivity contribution in [2.45, 2.75) is 13.3 Å². The van der Waals surface area contributed by atoms with Crippen molar-refractivity contribution in [2.24, 2.45) is 0 Å². The topological polar surface area (TPSA) is 93.1 Å². The summed E-state index contributed by atoms with van der Waals surface area (Å²) < 4.78 is 0.785. The minimum absolute atomic E-state index is 0.0190. The summed E-state index contributed by atoms with van der Waals surface area (Å²) >= 11 is 3.35. The highest BCUT2D eigenvalue weighted by Crippen LogP contribution is 2.32. The molecule has 0 bridgehead atoms. The Kier molecular flexibility index (Phi) is 4.31. The van der Waals surface area contributed by atoms with E-state index in [1.165, 1.54) is 0 Å². The van der Waals surface area contributed by atoms with Crippen LogP contribution in [0, 0.1) is 5.41 Å². The van der Waals surface area contributed by atoms with E-state index in [4.69, 9.17) is 5.41 Å². The predicted octanol–water partition coefficient (Wildman–Crippen LogP) is 4.01. The van der Waals surface area contributed by atoms with Gasteiger partial charge in [0.25, 0.3) is 5.56 Å². The van der Waals surface area contributed by atoms with E-state index in [0.717, 1.165) is 22.1 Å². The second-order valence-electron chi connectivity index (χ2n) is 6.31. The first-order valence-corrected chi connectivity index (χ1v) is 9.35. The number of nitrogens with zero attached hydrogens (tertiary/aromatic N) is 2. The fourth-order valence-electron chi connectivity index (χ4n) is 3.34. The molecule has 2 heterocycles. The van der Waals surface area contributed by atoms with Gasteiger partial charge in [0, 0.05) is 10.2 Å². The van der Waals surface area contributed by atoms with E-state index >= 15 is 0 Å². The van der Waals surface area contributed by atoms with Gasteiger partial charge in [-0.05, 0) is 36.2 Å². The van der Waals surface area contributed by atoms with Gasteiger partial charge in [-0.15, -0.1) is 0 Å². The first-order valence-electron chi connectivity index (χ1n) is 8.56. The molecule has 27 heavy (non-hydrogen) atoms. The molecule has 3 N–H and O–H groups in total. The van der Waals surface area contributed by atoms with E-state index in [1.54, 1.807) is 23.1 Å². The molecule has 0 saturated heterocycles. The lowest BCUT2D eigenvalue weighted by Crippen LogP contribution is -2.27. The molecule has 1 aliphatic rings. The molecule has 136 valence electrons. The smallest absolute Gasteiger partial charge is 0.259 e. The quantitative estimate of drug-likeness (QED) is 0.591. The maximum atomic E-state index is 12.5. The van der Waals surface area contributed by atoms with Crippen LogP contribution in [0.25, 0.3) is 16.5 Å². The molecule has 1 aromatic heterocycles. The van der Waals surface area contributed by atoms with Crippen molar-refractivity contribution >= 4 is 43.9 Å². The van der Waals surface area contributed by atoms with Crippen LogP contribution in [0.15, 0.2) is 57.5 Å². The summed E-state index contributed by atoms with van der Waals surface area (Å²) in [4.78, 5) is 21.4. The van der Waals surface area contributed by atoms with Crippen LogP contribution in [0.1, 0.15) is 18.3 Å². The third-order valence-electron chi connectivity index (χ3n) is 4.67. The van der Waals surface area contributed by atoms with Gasteiger partial charge in [0.15, 0.2) is 0 Å². The monoisotopic (exact) mass is 424 g/mol. The van der Waals surface area contributed by atoms with Crippen molar-refractivity contribution in [2.75, 3.05) is 11.4 Å². The lowest BCUT2D eigenvalue weighted by Gasteiger charge is -2.21. The maximum Gasteiger partial charge on any atom is 0.259 e. The number of aryl methyl sites for hydroxylation is 1. The molecular formula is C20H17BrN4O2. The standard InChI is InChI=1S/C20H17BrN4O2/c1-2-11-5-3-4-6-15(11)25-10-16(26)17(18(25)22)19-23-14-8-7-12(21)9-13(14)20(27)24-19/h3-9,22,26H,2,10H2,1H3,(H,23,24,27). The van der Waals surface area contributed by atoms with Crippen molar-refractivity contribution in [3.63, 3.8) is 0 Å². The number of aliphatic hydroxyl groups is 1. The molecule has 2 aromatic carbocycles. The van der Waals surface area contributed by atoms with Gasteiger partial charge in [0.05, 0.1) is 23.0 Å². The molecule has 7 heteroatoms. The van der Waals surface area contributed by atoms with Gasteiger partial charge < -0.3 is 15.0 Å². The highest BCUT2D eigenvalue weighted by molar-refractivity contribution is 9.10. The van der Waals surface area contributed by atoms with Crippen LogP contribution in [-0.4, -0.2) is 27.5 Å². The molecule has 1 aliphatic heterocycles. The van der Waals surface area contributed by atoms with E-state index in [9.17, 15) is 9.90 Å². The Morgan fingerprint density at radius 2 is 2.07 bits per heavy atom. The number of amidine groups is 1. The molecule has 4 rings (SSSR count). The molecule has 0 aliphatic carbocycles. The number of hydrogen-bond donors (Lipinski definition) is 3. The van der Waals surface area contributed by atoms with Crippen molar-refractivity contribution in [1.82, 2.24) is 9.97 Å². The first-order chi connectivity index (χ1) is 13.0. The Labute approximate surface area is 163 Å². The molecule has 0 radical (unpaired) electrons. The summed E-state index contributed by atoms with van der Waals surface area (Å²) in [5, 5.41) is 19.6. The number of H-pyrrole nitrogens is 1. The normalized spacial score (nSPS) is 14.4. The van der Waals surface area contributed by atoms with Crippen LogP contribution < -0.4 is 10.5 Å². The second-order valence-corrected chi connectivity index (χ2v) is 7.23. The lowest BCUT2D eigenvalue weighted by molar-refractivity contribution is 0.411. The zero-order valence-electron chi connectivity index (χ0n) is 14.6. The molecule has 6 nitrogen and oxygen atoms in total. The summed E-state index contributed by atoms with van der Waals surface area (Å²) in [7, 11) is 0. The van der Waals surface area contributed by atoms with Crippen LogP contribution >= 0.6 is 15.9 Å². The SMILES string of the molecule is CCc1ccccc1N1CC(O)=C(c2nc3ccc(Br)cc3c(=O)[nH]2)C1=N. The highest BCUT2D eigenvalue weighted by atomic mass is 79.9. The van der Waals surface area contributed by atoms with Crippen LogP contribution in [0.5, 0.6) is 0 Å². The van der Waals surface area contributed by atoms with E-state index in [1.807, 2.05) is 31.2 Å². The van der Waals surface area contributed by atoms with Crippen molar-refractivity contribution < 1.29 is 5.11 Å². The molecular weight excluding hydrogens is 408 g/mol. The minimum Gasteiger partial charge on any atom is -0.509 e. The number of halogens is 1. The number of rotatable bonds is 3. The molecule has 0 unspecified atom stereocenters. The second kappa shape index (κ2) is 6.66.